The van der Waals surface area contributed by atoms with E-state index in [0.717, 1.165) is 24.4 Å². The summed E-state index contributed by atoms with van der Waals surface area (Å²) in [5, 5.41) is 11.9. The first kappa shape index (κ1) is 38.9. The number of hydrogen-bond donors (Lipinski definition) is 3. The SMILES string of the molecule is CC.CC1OB(O)/C1=C/C=C(\N)C(F)(F)F.Cc1cc(N2CCC(NC(=O)c3ccc(F)cc3)CC2)nc(-c2ccc(C(F)(F)F)nc2)n1. The van der Waals surface area contributed by atoms with Gasteiger partial charge in [-0.05, 0) is 74.6 Å². The van der Waals surface area contributed by atoms with Gasteiger partial charge in [0.05, 0.1) is 6.10 Å². The largest absolute Gasteiger partial charge is 0.489 e. The summed E-state index contributed by atoms with van der Waals surface area (Å²) < 4.78 is 91.8. The molecule has 2 aromatic heterocycles. The number of alkyl halides is 6. The van der Waals surface area contributed by atoms with E-state index in [9.17, 15) is 35.5 Å². The summed E-state index contributed by atoms with van der Waals surface area (Å²) in [6.07, 6.45) is -5.05. The van der Waals surface area contributed by atoms with Gasteiger partial charge in [0.1, 0.15) is 23.0 Å². The van der Waals surface area contributed by atoms with Gasteiger partial charge in [0.2, 0.25) is 0 Å². The average molecular weight is 696 g/mol. The lowest BCUT2D eigenvalue weighted by atomic mass is 9.68. The number of carbonyl (C=O) groups excluding carboxylic acids is 1. The molecule has 2 saturated heterocycles. The number of allylic oxidation sites excluding steroid dienone is 3. The fraction of sp³-hybridized carbons (Fsp3) is 0.375. The molecule has 0 saturated carbocycles. The van der Waals surface area contributed by atoms with Crippen LogP contribution >= 0.6 is 0 Å². The van der Waals surface area contributed by atoms with Gasteiger partial charge in [-0.1, -0.05) is 19.9 Å². The van der Waals surface area contributed by atoms with Gasteiger partial charge in [-0.25, -0.2) is 14.4 Å². The van der Waals surface area contributed by atoms with E-state index < -0.39 is 36.7 Å². The summed E-state index contributed by atoms with van der Waals surface area (Å²) in [7, 11) is -1.11. The minimum absolute atomic E-state index is 0.0275. The Bertz CT molecular complexity index is 1590. The van der Waals surface area contributed by atoms with Crippen molar-refractivity contribution in [1.82, 2.24) is 20.3 Å². The lowest BCUT2D eigenvalue weighted by molar-refractivity contribution is -0.141. The maximum atomic E-state index is 13.0. The molecular formula is C32H36BF7N6O3. The van der Waals surface area contributed by atoms with E-state index in [1.807, 2.05) is 19.9 Å². The molecule has 3 aromatic rings. The van der Waals surface area contributed by atoms with Gasteiger partial charge < -0.3 is 25.6 Å². The monoisotopic (exact) mass is 696 g/mol. The first-order chi connectivity index (χ1) is 23.0. The topological polar surface area (TPSA) is 126 Å². The molecule has 264 valence electrons. The predicted octanol–water partition coefficient (Wildman–Crippen LogP) is 6.19. The second-order valence-electron chi connectivity index (χ2n) is 10.8. The Morgan fingerprint density at radius 3 is 2.20 bits per heavy atom. The van der Waals surface area contributed by atoms with Crippen molar-refractivity contribution in [3.8, 4) is 11.4 Å². The van der Waals surface area contributed by atoms with Crippen LogP contribution in [0.25, 0.3) is 11.4 Å². The van der Waals surface area contributed by atoms with Crippen molar-refractivity contribution in [3.05, 3.63) is 94.8 Å². The zero-order valence-electron chi connectivity index (χ0n) is 27.1. The van der Waals surface area contributed by atoms with Gasteiger partial charge in [-0.15, -0.1) is 0 Å². The number of piperidine rings is 1. The fourth-order valence-electron chi connectivity index (χ4n) is 4.64. The number of rotatable bonds is 5. The number of pyridine rings is 1. The molecule has 17 heteroatoms. The summed E-state index contributed by atoms with van der Waals surface area (Å²) in [4.78, 5) is 26.8. The number of aromatic nitrogens is 3. The van der Waals surface area contributed by atoms with E-state index in [2.05, 4.69) is 25.2 Å². The average Bonchev–Trinajstić information content (AvgIpc) is 3.05. The number of aryl methyl sites for hydroxylation is 1. The lowest BCUT2D eigenvalue weighted by Crippen LogP contribution is -2.45. The maximum Gasteiger partial charge on any atom is 0.489 e. The molecule has 49 heavy (non-hydrogen) atoms. The molecule has 5 rings (SSSR count). The highest BCUT2D eigenvalue weighted by Gasteiger charge is 2.37. The van der Waals surface area contributed by atoms with Crippen LogP contribution in [-0.4, -0.2) is 64.4 Å². The zero-order valence-corrected chi connectivity index (χ0v) is 27.1. The maximum absolute atomic E-state index is 13.0. The normalized spacial score (nSPS) is 17.8. The summed E-state index contributed by atoms with van der Waals surface area (Å²) in [5.74, 6) is 0.327. The van der Waals surface area contributed by atoms with Crippen molar-refractivity contribution in [2.45, 2.75) is 65.0 Å². The van der Waals surface area contributed by atoms with Crippen molar-refractivity contribution >= 4 is 18.8 Å². The number of nitrogens with two attached hydrogens (primary N) is 1. The second kappa shape index (κ2) is 16.7. The van der Waals surface area contributed by atoms with E-state index in [1.165, 1.54) is 30.3 Å². The molecule has 2 aliphatic heterocycles. The molecule has 0 bridgehead atoms. The third-order valence-corrected chi connectivity index (χ3v) is 7.28. The van der Waals surface area contributed by atoms with E-state index in [1.54, 1.807) is 13.8 Å². The molecule has 4 heterocycles. The van der Waals surface area contributed by atoms with Crippen molar-refractivity contribution < 1.29 is 45.2 Å². The molecule has 4 N–H and O–H groups in total. The highest BCUT2D eigenvalue weighted by Crippen LogP contribution is 2.29. The van der Waals surface area contributed by atoms with E-state index in [4.69, 9.17) is 15.4 Å². The number of nitrogens with one attached hydrogen (secondary N) is 1. The molecule has 1 atom stereocenters. The number of hydrogen-bond acceptors (Lipinski definition) is 8. The van der Waals surface area contributed by atoms with Crippen LogP contribution in [0.4, 0.5) is 36.6 Å². The molecule has 0 spiro atoms. The summed E-state index contributed by atoms with van der Waals surface area (Å²) >= 11 is 0. The first-order valence-electron chi connectivity index (χ1n) is 15.3. The Labute approximate surface area is 279 Å². The minimum Gasteiger partial charge on any atom is -0.423 e. The molecule has 0 aliphatic carbocycles. The summed E-state index contributed by atoms with van der Waals surface area (Å²) in [6.45, 7) is 8.68. The standard InChI is InChI=1S/C23H21F4N5O.C7H9BF3NO2.C2H6/c1-14-12-20(31-21(29-14)16-4-7-19(28-13-16)23(25,26)27)32-10-8-18(9-11-32)30-22(33)15-2-5-17(24)6-3-15;1-4-5(8(13)14-4)2-3-6(12)7(9,10)11;1-2/h2-7,12-13,18H,8-11H2,1H3,(H,30,33);2-4,13H,12H2,1H3;1-2H3/b;5-2+,6-3-;. The van der Waals surface area contributed by atoms with Crippen molar-refractivity contribution in [3.63, 3.8) is 0 Å². The van der Waals surface area contributed by atoms with Crippen LogP contribution in [0.2, 0.25) is 0 Å². The highest BCUT2D eigenvalue weighted by atomic mass is 19.4. The Hall–Kier alpha value is -4.51. The van der Waals surface area contributed by atoms with Crippen LogP contribution in [-0.2, 0) is 10.8 Å². The van der Waals surface area contributed by atoms with Crippen LogP contribution in [0.1, 0.15) is 55.4 Å². The Morgan fingerprint density at radius 2 is 1.69 bits per heavy atom. The van der Waals surface area contributed by atoms with Gasteiger partial charge in [0, 0.05) is 48.2 Å². The Balaban J connectivity index is 0.000000341. The van der Waals surface area contributed by atoms with Crippen LogP contribution < -0.4 is 16.0 Å². The number of benzene rings is 1. The molecule has 0 radical (unpaired) electrons. The van der Waals surface area contributed by atoms with Crippen LogP contribution in [0.15, 0.2) is 72.0 Å². The third-order valence-electron chi connectivity index (χ3n) is 7.28. The zero-order chi connectivity index (χ0) is 36.5. The highest BCUT2D eigenvalue weighted by molar-refractivity contribution is 6.56. The summed E-state index contributed by atoms with van der Waals surface area (Å²) in [6, 6.07) is 9.40. The van der Waals surface area contributed by atoms with E-state index >= 15 is 0 Å². The summed E-state index contributed by atoms with van der Waals surface area (Å²) in [5.41, 5.74) is 4.44. The van der Waals surface area contributed by atoms with Gasteiger partial charge in [-0.3, -0.25) is 9.78 Å². The molecule has 2 aliphatic rings. The number of anilines is 1. The number of halogens is 7. The molecule has 2 fully saturated rings. The lowest BCUT2D eigenvalue weighted by Gasteiger charge is -2.33. The third kappa shape index (κ3) is 11.0. The first-order valence-corrected chi connectivity index (χ1v) is 15.3. The molecular weight excluding hydrogens is 660 g/mol. The fourth-order valence-corrected chi connectivity index (χ4v) is 4.64. The predicted molar refractivity (Wildman–Crippen MR) is 170 cm³/mol. The van der Waals surface area contributed by atoms with Crippen molar-refractivity contribution in [2.75, 3.05) is 18.0 Å². The Morgan fingerprint density at radius 1 is 1.06 bits per heavy atom. The molecule has 9 nitrogen and oxygen atoms in total. The van der Waals surface area contributed by atoms with E-state index in [0.29, 0.717) is 59.9 Å². The minimum atomic E-state index is -4.53. The van der Waals surface area contributed by atoms with Crippen molar-refractivity contribution in [2.24, 2.45) is 5.73 Å². The molecule has 1 aromatic carbocycles. The van der Waals surface area contributed by atoms with Gasteiger partial charge in [0.25, 0.3) is 5.91 Å². The molecule has 1 amide bonds. The van der Waals surface area contributed by atoms with Crippen LogP contribution in [0.5, 0.6) is 0 Å². The van der Waals surface area contributed by atoms with Gasteiger partial charge in [0.15, 0.2) is 5.82 Å². The smallest absolute Gasteiger partial charge is 0.423 e. The van der Waals surface area contributed by atoms with E-state index in [-0.39, 0.29) is 18.1 Å². The van der Waals surface area contributed by atoms with Gasteiger partial charge >= 0.3 is 19.5 Å². The second-order valence-corrected chi connectivity index (χ2v) is 10.8. The number of nitrogens with zero attached hydrogens (tertiary/aromatic N) is 4. The Kier molecular flexibility index (Phi) is 13.3. The number of carbonyl (C=O) groups is 1. The number of amides is 1. The van der Waals surface area contributed by atoms with Crippen molar-refractivity contribution in [1.29, 1.82) is 0 Å². The van der Waals surface area contributed by atoms with Gasteiger partial charge in [-0.2, -0.15) is 26.3 Å². The van der Waals surface area contributed by atoms with Crippen LogP contribution in [0, 0.1) is 12.7 Å². The molecule has 1 unspecified atom stereocenters. The quantitative estimate of drug-likeness (QED) is 0.213. The van der Waals surface area contributed by atoms with Crippen LogP contribution in [0.3, 0.4) is 0 Å².